The fourth-order valence-corrected chi connectivity index (χ4v) is 1.29. The number of nitrogens with zero attached hydrogens (tertiary/aromatic N) is 1. The summed E-state index contributed by atoms with van der Waals surface area (Å²) in [6.07, 6.45) is 4.24. The number of hydrogen-bond acceptors (Lipinski definition) is 2. The molecule has 1 aliphatic heterocycles. The molecule has 0 unspecified atom stereocenters. The van der Waals surface area contributed by atoms with Crippen molar-refractivity contribution in [1.29, 1.82) is 0 Å². The Kier molecular flexibility index (Phi) is 2.47. The van der Waals surface area contributed by atoms with Gasteiger partial charge in [0.1, 0.15) is 5.82 Å². The second-order valence-electron chi connectivity index (χ2n) is 2.54. The molecular weight excluding hydrogens is 136 g/mol. The normalized spacial score (nSPS) is 14.2. The second-order valence-corrected chi connectivity index (χ2v) is 2.54. The molecule has 2 heterocycles. The number of fused-ring (bicyclic) bond motifs is 1. The average molecular weight is 150 g/mol. The first-order valence-corrected chi connectivity index (χ1v) is 3.64. The minimum atomic E-state index is 0. The lowest BCUT2D eigenvalue weighted by molar-refractivity contribution is 0.818. The molecule has 0 atom stereocenters. The molecule has 1 aromatic rings. The smallest absolute Gasteiger partial charge is 0.129 e. The summed E-state index contributed by atoms with van der Waals surface area (Å²) in [5.74, 6) is 1.08. The van der Waals surface area contributed by atoms with E-state index in [4.69, 9.17) is 0 Å². The highest BCUT2D eigenvalue weighted by Crippen LogP contribution is 2.17. The van der Waals surface area contributed by atoms with Crippen LogP contribution in [0.2, 0.25) is 0 Å². The zero-order valence-corrected chi connectivity index (χ0v) is 5.80. The Labute approximate surface area is 67.7 Å². The van der Waals surface area contributed by atoms with Gasteiger partial charge in [0.15, 0.2) is 0 Å². The van der Waals surface area contributed by atoms with Crippen molar-refractivity contribution in [1.82, 2.24) is 4.98 Å². The third kappa shape index (κ3) is 1.50. The van der Waals surface area contributed by atoms with Crippen molar-refractivity contribution in [3.63, 3.8) is 0 Å². The SMILES string of the molecule is C.c1cnc2c(c1)CCCN2. The van der Waals surface area contributed by atoms with E-state index in [0.717, 1.165) is 12.4 Å². The highest BCUT2D eigenvalue weighted by Gasteiger charge is 2.06. The third-order valence-electron chi connectivity index (χ3n) is 1.81. The van der Waals surface area contributed by atoms with Gasteiger partial charge in [-0.1, -0.05) is 13.5 Å². The van der Waals surface area contributed by atoms with Crippen LogP contribution >= 0.6 is 0 Å². The van der Waals surface area contributed by atoms with E-state index in [0.29, 0.717) is 0 Å². The van der Waals surface area contributed by atoms with Gasteiger partial charge in [0, 0.05) is 12.7 Å². The van der Waals surface area contributed by atoms with Crippen molar-refractivity contribution in [3.8, 4) is 0 Å². The molecule has 2 rings (SSSR count). The Morgan fingerprint density at radius 2 is 2.36 bits per heavy atom. The molecule has 2 heteroatoms. The summed E-state index contributed by atoms with van der Waals surface area (Å²) in [6.45, 7) is 1.07. The maximum atomic E-state index is 4.21. The number of rotatable bonds is 0. The van der Waals surface area contributed by atoms with E-state index in [-0.39, 0.29) is 7.43 Å². The summed E-state index contributed by atoms with van der Waals surface area (Å²) in [4.78, 5) is 4.21. The summed E-state index contributed by atoms with van der Waals surface area (Å²) in [5, 5.41) is 3.25. The number of nitrogens with one attached hydrogen (secondary N) is 1. The van der Waals surface area contributed by atoms with Gasteiger partial charge in [0.2, 0.25) is 0 Å². The first-order valence-electron chi connectivity index (χ1n) is 3.64. The zero-order chi connectivity index (χ0) is 6.81. The molecule has 2 nitrogen and oxygen atoms in total. The zero-order valence-electron chi connectivity index (χ0n) is 5.80. The van der Waals surface area contributed by atoms with Crippen LogP contribution < -0.4 is 5.32 Å². The van der Waals surface area contributed by atoms with Gasteiger partial charge >= 0.3 is 0 Å². The molecule has 0 amide bonds. The fraction of sp³-hybridized carbons (Fsp3) is 0.444. The Morgan fingerprint density at radius 1 is 1.45 bits per heavy atom. The topological polar surface area (TPSA) is 24.9 Å². The van der Waals surface area contributed by atoms with Gasteiger partial charge in [0.25, 0.3) is 0 Å². The Morgan fingerprint density at radius 3 is 3.18 bits per heavy atom. The average Bonchev–Trinajstić information content (AvgIpc) is 2.05. The van der Waals surface area contributed by atoms with Crippen LogP contribution in [0.25, 0.3) is 0 Å². The summed E-state index contributed by atoms with van der Waals surface area (Å²) >= 11 is 0. The monoisotopic (exact) mass is 150 g/mol. The van der Waals surface area contributed by atoms with Gasteiger partial charge in [-0.2, -0.15) is 0 Å². The number of pyridine rings is 1. The van der Waals surface area contributed by atoms with E-state index in [1.807, 2.05) is 12.3 Å². The Bertz CT molecular complexity index is 208. The van der Waals surface area contributed by atoms with Crippen LogP contribution in [-0.2, 0) is 6.42 Å². The van der Waals surface area contributed by atoms with Crippen molar-refractivity contribution in [3.05, 3.63) is 23.9 Å². The predicted octanol–water partition coefficient (Wildman–Crippen LogP) is 2.08. The molecule has 1 N–H and O–H groups in total. The molecule has 0 radical (unpaired) electrons. The van der Waals surface area contributed by atoms with Crippen LogP contribution in [0.5, 0.6) is 0 Å². The van der Waals surface area contributed by atoms with Gasteiger partial charge in [0.05, 0.1) is 0 Å². The molecule has 0 saturated heterocycles. The van der Waals surface area contributed by atoms with Crippen LogP contribution in [0.1, 0.15) is 19.4 Å². The van der Waals surface area contributed by atoms with Crippen LogP contribution in [0.4, 0.5) is 5.82 Å². The summed E-state index contributed by atoms with van der Waals surface area (Å²) in [6, 6.07) is 4.13. The van der Waals surface area contributed by atoms with Crippen molar-refractivity contribution in [2.45, 2.75) is 20.3 Å². The summed E-state index contributed by atoms with van der Waals surface area (Å²) in [7, 11) is 0. The van der Waals surface area contributed by atoms with Crippen molar-refractivity contribution in [2.24, 2.45) is 0 Å². The van der Waals surface area contributed by atoms with E-state index in [9.17, 15) is 0 Å². The summed E-state index contributed by atoms with van der Waals surface area (Å²) < 4.78 is 0. The molecular formula is C9H14N2. The molecule has 0 aliphatic carbocycles. The quantitative estimate of drug-likeness (QED) is 0.612. The largest absolute Gasteiger partial charge is 0.370 e. The molecule has 60 valence electrons. The lowest BCUT2D eigenvalue weighted by Gasteiger charge is -2.15. The van der Waals surface area contributed by atoms with Crippen LogP contribution in [-0.4, -0.2) is 11.5 Å². The Balaban J connectivity index is 0.000000605. The van der Waals surface area contributed by atoms with Crippen LogP contribution in [0, 0.1) is 0 Å². The van der Waals surface area contributed by atoms with E-state index >= 15 is 0 Å². The maximum Gasteiger partial charge on any atom is 0.129 e. The minimum absolute atomic E-state index is 0. The van der Waals surface area contributed by atoms with E-state index < -0.39 is 0 Å². The molecule has 1 aromatic heterocycles. The van der Waals surface area contributed by atoms with Gasteiger partial charge in [-0.05, 0) is 24.5 Å². The minimum Gasteiger partial charge on any atom is -0.370 e. The standard InChI is InChI=1S/C8H10N2.CH4/c1-3-7-4-2-6-10-8(7)9-5-1;/h1,3,5H,2,4,6H2,(H,9,10);1H4. The number of hydrogen-bond donors (Lipinski definition) is 1. The first kappa shape index (κ1) is 8.05. The van der Waals surface area contributed by atoms with Gasteiger partial charge in [-0.3, -0.25) is 0 Å². The van der Waals surface area contributed by atoms with Crippen molar-refractivity contribution in [2.75, 3.05) is 11.9 Å². The summed E-state index contributed by atoms with van der Waals surface area (Å²) in [5.41, 5.74) is 1.36. The fourth-order valence-electron chi connectivity index (χ4n) is 1.29. The van der Waals surface area contributed by atoms with E-state index in [1.165, 1.54) is 18.4 Å². The number of aryl methyl sites for hydroxylation is 1. The van der Waals surface area contributed by atoms with Gasteiger partial charge < -0.3 is 5.32 Å². The number of anilines is 1. The lowest BCUT2D eigenvalue weighted by atomic mass is 10.1. The first-order chi connectivity index (χ1) is 4.97. The van der Waals surface area contributed by atoms with Crippen LogP contribution in [0.3, 0.4) is 0 Å². The van der Waals surface area contributed by atoms with Gasteiger partial charge in [-0.25, -0.2) is 4.98 Å². The lowest BCUT2D eigenvalue weighted by Crippen LogP contribution is -2.12. The Hall–Kier alpha value is -1.05. The molecule has 1 aliphatic rings. The number of aromatic nitrogens is 1. The predicted molar refractivity (Wildman–Crippen MR) is 47.8 cm³/mol. The third-order valence-corrected chi connectivity index (χ3v) is 1.81. The van der Waals surface area contributed by atoms with Crippen molar-refractivity contribution < 1.29 is 0 Å². The molecule has 0 fully saturated rings. The highest BCUT2D eigenvalue weighted by molar-refractivity contribution is 5.45. The second kappa shape index (κ2) is 3.37. The van der Waals surface area contributed by atoms with E-state index in [2.05, 4.69) is 16.4 Å². The van der Waals surface area contributed by atoms with E-state index in [1.54, 1.807) is 0 Å². The van der Waals surface area contributed by atoms with Crippen molar-refractivity contribution >= 4 is 5.82 Å². The molecule has 0 saturated carbocycles. The van der Waals surface area contributed by atoms with Crippen LogP contribution in [0.15, 0.2) is 18.3 Å². The molecule has 0 spiro atoms. The highest BCUT2D eigenvalue weighted by atomic mass is 15.0. The van der Waals surface area contributed by atoms with Gasteiger partial charge in [-0.15, -0.1) is 0 Å². The maximum absolute atomic E-state index is 4.21. The molecule has 0 bridgehead atoms. The molecule has 0 aromatic carbocycles. The molecule has 11 heavy (non-hydrogen) atoms.